The quantitative estimate of drug-likeness (QED) is 0.637. The van der Waals surface area contributed by atoms with E-state index in [0.29, 0.717) is 0 Å². The lowest BCUT2D eigenvalue weighted by atomic mass is 10.4. The molecular weight excluding hydrogens is 140 g/mol. The van der Waals surface area contributed by atoms with Gasteiger partial charge in [0.2, 0.25) is 5.95 Å². The Kier molecular flexibility index (Phi) is 1.44. The molecule has 1 N–H and O–H groups in total. The molecule has 0 bridgehead atoms. The van der Waals surface area contributed by atoms with Gasteiger partial charge in [0.05, 0.1) is 0 Å². The Bertz CT molecular complexity index is 273. The van der Waals surface area contributed by atoms with Gasteiger partial charge in [-0.3, -0.25) is 0 Å². The van der Waals surface area contributed by atoms with Crippen molar-refractivity contribution in [3.05, 3.63) is 30.8 Å². The molecule has 1 aromatic rings. The first-order valence-corrected chi connectivity index (χ1v) is 3.42. The number of aromatic amines is 1. The second-order valence-electron chi connectivity index (χ2n) is 2.23. The van der Waals surface area contributed by atoms with Crippen molar-refractivity contribution in [2.45, 2.75) is 0 Å². The molecule has 0 aliphatic carbocycles. The number of anilines is 1. The summed E-state index contributed by atoms with van der Waals surface area (Å²) in [4.78, 5) is 5.99. The van der Waals surface area contributed by atoms with Gasteiger partial charge in [-0.2, -0.15) is 10.1 Å². The Morgan fingerprint density at radius 3 is 3.09 bits per heavy atom. The third kappa shape index (κ3) is 1.14. The average Bonchev–Trinajstić information content (AvgIpc) is 2.58. The molecule has 0 amide bonds. The van der Waals surface area contributed by atoms with E-state index in [1.807, 2.05) is 23.3 Å². The fraction of sp³-hybridized carbons (Fsp3) is 0.143. The van der Waals surface area contributed by atoms with Gasteiger partial charge in [-0.15, -0.1) is 0 Å². The number of hydrogen-bond donors (Lipinski definition) is 1. The molecule has 0 spiro atoms. The van der Waals surface area contributed by atoms with Crippen LogP contribution in [0.4, 0.5) is 5.95 Å². The lowest BCUT2D eigenvalue weighted by molar-refractivity contribution is 0.976. The molecule has 4 heteroatoms. The first-order chi connectivity index (χ1) is 5.47. The third-order valence-electron chi connectivity index (χ3n) is 1.49. The predicted octanol–water partition coefficient (Wildman–Crippen LogP) is 0.695. The van der Waals surface area contributed by atoms with E-state index in [-0.39, 0.29) is 0 Å². The standard InChI is InChI=1S/C7H8N4/c1-2-4-11(5-3-1)7-8-6-9-10-7/h1-4,6H,5H2,(H,8,9,10). The van der Waals surface area contributed by atoms with Crippen molar-refractivity contribution in [3.63, 3.8) is 0 Å². The fourth-order valence-corrected chi connectivity index (χ4v) is 0.962. The summed E-state index contributed by atoms with van der Waals surface area (Å²) in [7, 11) is 0. The van der Waals surface area contributed by atoms with Gasteiger partial charge in [-0.1, -0.05) is 12.2 Å². The molecule has 2 heterocycles. The number of allylic oxidation sites excluding steroid dienone is 2. The highest BCUT2D eigenvalue weighted by Crippen LogP contribution is 2.07. The number of nitrogens with zero attached hydrogens (tertiary/aromatic N) is 3. The minimum absolute atomic E-state index is 0.783. The Labute approximate surface area is 64.2 Å². The van der Waals surface area contributed by atoms with Gasteiger partial charge in [0, 0.05) is 12.7 Å². The zero-order chi connectivity index (χ0) is 7.52. The maximum atomic E-state index is 4.01. The zero-order valence-electron chi connectivity index (χ0n) is 5.94. The summed E-state index contributed by atoms with van der Waals surface area (Å²) in [6.45, 7) is 0.853. The van der Waals surface area contributed by atoms with Crippen LogP contribution in [0, 0.1) is 0 Å². The second-order valence-corrected chi connectivity index (χ2v) is 2.23. The Balaban J connectivity index is 2.19. The monoisotopic (exact) mass is 148 g/mol. The molecule has 0 fully saturated rings. The van der Waals surface area contributed by atoms with Crippen LogP contribution in [0.3, 0.4) is 0 Å². The number of nitrogens with one attached hydrogen (secondary N) is 1. The summed E-state index contributed by atoms with van der Waals surface area (Å²) in [5.41, 5.74) is 0. The van der Waals surface area contributed by atoms with Gasteiger partial charge in [0.15, 0.2) is 0 Å². The van der Waals surface area contributed by atoms with Gasteiger partial charge in [-0.05, 0) is 6.08 Å². The Morgan fingerprint density at radius 1 is 1.45 bits per heavy atom. The Morgan fingerprint density at radius 2 is 2.45 bits per heavy atom. The highest BCUT2D eigenvalue weighted by molar-refractivity contribution is 5.37. The second kappa shape index (κ2) is 2.57. The van der Waals surface area contributed by atoms with E-state index in [1.165, 1.54) is 6.33 Å². The van der Waals surface area contributed by atoms with E-state index < -0.39 is 0 Å². The molecule has 56 valence electrons. The largest absolute Gasteiger partial charge is 0.314 e. The van der Waals surface area contributed by atoms with Crippen LogP contribution in [0.5, 0.6) is 0 Å². The summed E-state index contributed by atoms with van der Waals surface area (Å²) in [5, 5.41) is 6.55. The molecule has 0 atom stereocenters. The molecule has 0 unspecified atom stereocenters. The number of hydrogen-bond acceptors (Lipinski definition) is 3. The molecule has 0 saturated carbocycles. The summed E-state index contributed by atoms with van der Waals surface area (Å²) in [6.07, 6.45) is 9.49. The van der Waals surface area contributed by atoms with Gasteiger partial charge in [0.25, 0.3) is 0 Å². The van der Waals surface area contributed by atoms with Crippen molar-refractivity contribution in [2.24, 2.45) is 0 Å². The van der Waals surface area contributed by atoms with Crippen LogP contribution in [0.2, 0.25) is 0 Å². The van der Waals surface area contributed by atoms with Crippen LogP contribution in [0.1, 0.15) is 0 Å². The average molecular weight is 148 g/mol. The fourth-order valence-electron chi connectivity index (χ4n) is 0.962. The SMILES string of the molecule is C1=CCN(c2ncn[nH]2)C=C1. The molecule has 0 aromatic carbocycles. The molecule has 11 heavy (non-hydrogen) atoms. The highest BCUT2D eigenvalue weighted by Gasteiger charge is 2.04. The summed E-state index contributed by atoms with van der Waals surface area (Å²) >= 11 is 0. The van der Waals surface area contributed by atoms with Gasteiger partial charge in [0.1, 0.15) is 6.33 Å². The van der Waals surface area contributed by atoms with Crippen LogP contribution in [-0.4, -0.2) is 21.7 Å². The van der Waals surface area contributed by atoms with Crippen LogP contribution in [0.15, 0.2) is 30.8 Å². The van der Waals surface area contributed by atoms with E-state index in [4.69, 9.17) is 0 Å². The lowest BCUT2D eigenvalue weighted by Crippen LogP contribution is -2.18. The maximum Gasteiger partial charge on any atom is 0.225 e. The van der Waals surface area contributed by atoms with Gasteiger partial charge >= 0.3 is 0 Å². The van der Waals surface area contributed by atoms with Crippen molar-refractivity contribution < 1.29 is 0 Å². The Hall–Kier alpha value is -1.58. The molecule has 1 aliphatic heterocycles. The van der Waals surface area contributed by atoms with Crippen molar-refractivity contribution in [1.29, 1.82) is 0 Å². The molecule has 0 radical (unpaired) electrons. The van der Waals surface area contributed by atoms with Crippen molar-refractivity contribution >= 4 is 5.95 Å². The predicted molar refractivity (Wildman–Crippen MR) is 42.0 cm³/mol. The third-order valence-corrected chi connectivity index (χ3v) is 1.49. The molecule has 0 saturated heterocycles. The van der Waals surface area contributed by atoms with Crippen molar-refractivity contribution in [2.75, 3.05) is 11.4 Å². The highest BCUT2D eigenvalue weighted by atomic mass is 15.3. The zero-order valence-corrected chi connectivity index (χ0v) is 5.94. The first-order valence-electron chi connectivity index (χ1n) is 3.42. The molecular formula is C7H8N4. The van der Waals surface area contributed by atoms with Crippen LogP contribution >= 0.6 is 0 Å². The number of aromatic nitrogens is 3. The molecule has 4 nitrogen and oxygen atoms in total. The number of rotatable bonds is 1. The van der Waals surface area contributed by atoms with Gasteiger partial charge in [-0.25, -0.2) is 5.10 Å². The number of H-pyrrole nitrogens is 1. The van der Waals surface area contributed by atoms with Crippen molar-refractivity contribution in [1.82, 2.24) is 15.2 Å². The lowest BCUT2D eigenvalue weighted by Gasteiger charge is -2.15. The molecule has 1 aliphatic rings. The molecule has 2 rings (SSSR count). The summed E-state index contributed by atoms with van der Waals surface area (Å²) in [6, 6.07) is 0. The maximum absolute atomic E-state index is 4.01. The topological polar surface area (TPSA) is 44.8 Å². The van der Waals surface area contributed by atoms with Crippen LogP contribution in [-0.2, 0) is 0 Å². The first kappa shape index (κ1) is 6.15. The summed E-state index contributed by atoms with van der Waals surface area (Å²) in [5.74, 6) is 0.783. The molecule has 1 aromatic heterocycles. The van der Waals surface area contributed by atoms with E-state index in [1.54, 1.807) is 0 Å². The van der Waals surface area contributed by atoms with Crippen LogP contribution < -0.4 is 4.90 Å². The normalized spacial score (nSPS) is 15.8. The van der Waals surface area contributed by atoms with Crippen LogP contribution in [0.25, 0.3) is 0 Å². The minimum atomic E-state index is 0.783. The van der Waals surface area contributed by atoms with E-state index in [2.05, 4.69) is 21.3 Å². The van der Waals surface area contributed by atoms with E-state index >= 15 is 0 Å². The van der Waals surface area contributed by atoms with Gasteiger partial charge < -0.3 is 4.90 Å². The van der Waals surface area contributed by atoms with Crippen molar-refractivity contribution in [3.8, 4) is 0 Å². The minimum Gasteiger partial charge on any atom is -0.314 e. The van der Waals surface area contributed by atoms with E-state index in [0.717, 1.165) is 12.5 Å². The summed E-state index contributed by atoms with van der Waals surface area (Å²) < 4.78 is 0. The smallest absolute Gasteiger partial charge is 0.225 e. The van der Waals surface area contributed by atoms with E-state index in [9.17, 15) is 0 Å².